The Hall–Kier alpha value is -0.600. The monoisotopic (exact) mass is 320 g/mol. The first-order chi connectivity index (χ1) is 10.1. The average molecular weight is 321 g/mol. The fourth-order valence-electron chi connectivity index (χ4n) is 2.74. The molecule has 0 N–H and O–H groups in total. The van der Waals surface area contributed by atoms with E-state index in [4.69, 9.17) is 0 Å². The van der Waals surface area contributed by atoms with Crippen LogP contribution in [0.1, 0.15) is 66.3 Å². The van der Waals surface area contributed by atoms with Crippen LogP contribution in [0.2, 0.25) is 0 Å². The third-order valence-electron chi connectivity index (χ3n) is 4.12. The SMILES string of the molecule is CCCCCCCCc1cc(C)sc1-c1cc(C)c(C)s1. The number of rotatable bonds is 8. The minimum Gasteiger partial charge on any atom is -0.139 e. The van der Waals surface area contributed by atoms with Gasteiger partial charge in [-0.25, -0.2) is 0 Å². The van der Waals surface area contributed by atoms with Gasteiger partial charge in [0.15, 0.2) is 0 Å². The third kappa shape index (κ3) is 4.69. The van der Waals surface area contributed by atoms with Crippen LogP contribution in [0.5, 0.6) is 0 Å². The first kappa shape index (κ1) is 16.8. The van der Waals surface area contributed by atoms with Gasteiger partial charge in [0.2, 0.25) is 0 Å². The fraction of sp³-hybridized carbons (Fsp3) is 0.579. The maximum absolute atomic E-state index is 2.41. The van der Waals surface area contributed by atoms with E-state index in [1.807, 2.05) is 22.7 Å². The molecule has 2 aromatic rings. The Morgan fingerprint density at radius 1 is 0.857 bits per heavy atom. The molecule has 21 heavy (non-hydrogen) atoms. The highest BCUT2D eigenvalue weighted by Crippen LogP contribution is 2.38. The highest BCUT2D eigenvalue weighted by molar-refractivity contribution is 7.22. The topological polar surface area (TPSA) is 0 Å². The molecule has 0 aliphatic rings. The number of unbranched alkanes of at least 4 members (excludes halogenated alkanes) is 5. The van der Waals surface area contributed by atoms with Gasteiger partial charge >= 0.3 is 0 Å². The first-order valence-corrected chi connectivity index (χ1v) is 9.91. The summed E-state index contributed by atoms with van der Waals surface area (Å²) in [6.07, 6.45) is 9.54. The van der Waals surface area contributed by atoms with Gasteiger partial charge in [-0.2, -0.15) is 0 Å². The molecule has 0 aliphatic carbocycles. The van der Waals surface area contributed by atoms with Crippen molar-refractivity contribution in [3.8, 4) is 9.75 Å². The maximum atomic E-state index is 2.41. The predicted octanol–water partition coefficient (Wildman–Crippen LogP) is 7.30. The van der Waals surface area contributed by atoms with Gasteiger partial charge in [0.05, 0.1) is 0 Å². The van der Waals surface area contributed by atoms with Crippen molar-refractivity contribution in [2.24, 2.45) is 0 Å². The maximum Gasteiger partial charge on any atom is 0.0477 e. The van der Waals surface area contributed by atoms with Crippen molar-refractivity contribution in [2.75, 3.05) is 0 Å². The van der Waals surface area contributed by atoms with Crippen LogP contribution >= 0.6 is 22.7 Å². The molecule has 2 heterocycles. The van der Waals surface area contributed by atoms with Gasteiger partial charge in [0.25, 0.3) is 0 Å². The lowest BCUT2D eigenvalue weighted by Gasteiger charge is -2.03. The van der Waals surface area contributed by atoms with Crippen LogP contribution in [0.3, 0.4) is 0 Å². The van der Waals surface area contributed by atoms with Gasteiger partial charge in [0.1, 0.15) is 0 Å². The molecule has 0 fully saturated rings. The first-order valence-electron chi connectivity index (χ1n) is 8.28. The van der Waals surface area contributed by atoms with Gasteiger partial charge in [-0.05, 0) is 56.9 Å². The summed E-state index contributed by atoms with van der Waals surface area (Å²) in [5, 5.41) is 0. The summed E-state index contributed by atoms with van der Waals surface area (Å²) in [6, 6.07) is 4.78. The second-order valence-corrected chi connectivity index (χ2v) is 8.59. The van der Waals surface area contributed by atoms with Crippen molar-refractivity contribution in [1.29, 1.82) is 0 Å². The van der Waals surface area contributed by atoms with Crippen molar-refractivity contribution in [2.45, 2.75) is 72.6 Å². The van der Waals surface area contributed by atoms with Crippen molar-refractivity contribution in [3.05, 3.63) is 33.0 Å². The van der Waals surface area contributed by atoms with Crippen molar-refractivity contribution >= 4 is 22.7 Å². The molecule has 0 nitrogen and oxygen atoms in total. The molecule has 0 aliphatic heterocycles. The Balaban J connectivity index is 1.97. The summed E-state index contributed by atoms with van der Waals surface area (Å²) in [5.41, 5.74) is 3.01. The van der Waals surface area contributed by atoms with Crippen LogP contribution in [0.25, 0.3) is 9.75 Å². The molecule has 0 spiro atoms. The van der Waals surface area contributed by atoms with E-state index in [1.165, 1.54) is 70.0 Å². The van der Waals surface area contributed by atoms with E-state index in [9.17, 15) is 0 Å². The molecule has 2 aromatic heterocycles. The zero-order chi connectivity index (χ0) is 15.2. The molecular weight excluding hydrogens is 292 g/mol. The predicted molar refractivity (Wildman–Crippen MR) is 98.9 cm³/mol. The second kappa shape index (κ2) is 8.14. The van der Waals surface area contributed by atoms with Crippen LogP contribution in [0.4, 0.5) is 0 Å². The standard InChI is InChI=1S/C19H28S2/c1-5-6-7-8-9-10-11-17-13-15(3)20-19(17)18-12-14(2)16(4)21-18/h12-13H,5-11H2,1-4H3. The van der Waals surface area contributed by atoms with Crippen LogP contribution in [-0.4, -0.2) is 0 Å². The van der Waals surface area contributed by atoms with E-state index in [2.05, 4.69) is 39.8 Å². The van der Waals surface area contributed by atoms with Gasteiger partial charge in [-0.3, -0.25) is 0 Å². The van der Waals surface area contributed by atoms with E-state index in [0.717, 1.165) is 0 Å². The summed E-state index contributed by atoms with van der Waals surface area (Å²) < 4.78 is 0. The molecule has 0 saturated carbocycles. The number of hydrogen-bond donors (Lipinski definition) is 0. The van der Waals surface area contributed by atoms with E-state index >= 15 is 0 Å². The van der Waals surface area contributed by atoms with Crippen LogP contribution < -0.4 is 0 Å². The number of aryl methyl sites for hydroxylation is 4. The van der Waals surface area contributed by atoms with Crippen molar-refractivity contribution in [1.82, 2.24) is 0 Å². The third-order valence-corrected chi connectivity index (χ3v) is 6.55. The number of hydrogen-bond acceptors (Lipinski definition) is 2. The summed E-state index contributed by atoms with van der Waals surface area (Å²) in [6.45, 7) is 8.98. The largest absolute Gasteiger partial charge is 0.139 e. The lowest BCUT2D eigenvalue weighted by Crippen LogP contribution is -1.86. The Morgan fingerprint density at radius 3 is 2.24 bits per heavy atom. The zero-order valence-corrected chi connectivity index (χ0v) is 15.6. The summed E-state index contributed by atoms with van der Waals surface area (Å²) >= 11 is 3.93. The molecule has 0 saturated heterocycles. The van der Waals surface area contributed by atoms with Crippen LogP contribution in [0, 0.1) is 20.8 Å². The molecular formula is C19H28S2. The van der Waals surface area contributed by atoms with Gasteiger partial charge in [0, 0.05) is 19.5 Å². The smallest absolute Gasteiger partial charge is 0.0477 e. The quantitative estimate of drug-likeness (QED) is 0.447. The summed E-state index contributed by atoms with van der Waals surface area (Å²) in [4.78, 5) is 5.92. The summed E-state index contributed by atoms with van der Waals surface area (Å²) in [7, 11) is 0. The minimum atomic E-state index is 1.25. The van der Waals surface area contributed by atoms with Gasteiger partial charge in [-0.1, -0.05) is 39.0 Å². The van der Waals surface area contributed by atoms with Crippen LogP contribution in [0.15, 0.2) is 12.1 Å². The molecule has 2 heteroatoms. The molecule has 2 rings (SSSR count). The minimum absolute atomic E-state index is 1.25. The second-order valence-electron chi connectivity index (χ2n) is 6.08. The Labute approximate surface area is 138 Å². The van der Waals surface area contributed by atoms with Gasteiger partial charge in [-0.15, -0.1) is 22.7 Å². The van der Waals surface area contributed by atoms with E-state index in [1.54, 1.807) is 5.56 Å². The Kier molecular flexibility index (Phi) is 6.50. The van der Waals surface area contributed by atoms with Gasteiger partial charge < -0.3 is 0 Å². The van der Waals surface area contributed by atoms with E-state index in [-0.39, 0.29) is 0 Å². The van der Waals surface area contributed by atoms with Crippen molar-refractivity contribution in [3.63, 3.8) is 0 Å². The Bertz CT molecular complexity index is 541. The molecule has 116 valence electrons. The lowest BCUT2D eigenvalue weighted by atomic mass is 10.0. The van der Waals surface area contributed by atoms with E-state index < -0.39 is 0 Å². The Morgan fingerprint density at radius 2 is 1.57 bits per heavy atom. The molecule has 0 atom stereocenters. The molecule has 0 radical (unpaired) electrons. The number of thiophene rings is 2. The fourth-order valence-corrected chi connectivity index (χ4v) is 4.98. The molecule has 0 aromatic carbocycles. The summed E-state index contributed by atoms with van der Waals surface area (Å²) in [5.74, 6) is 0. The van der Waals surface area contributed by atoms with Crippen LogP contribution in [-0.2, 0) is 6.42 Å². The highest BCUT2D eigenvalue weighted by Gasteiger charge is 2.12. The normalized spacial score (nSPS) is 11.2. The molecule has 0 amide bonds. The molecule has 0 unspecified atom stereocenters. The highest BCUT2D eigenvalue weighted by atomic mass is 32.1. The molecule has 0 bridgehead atoms. The van der Waals surface area contributed by atoms with Crippen molar-refractivity contribution < 1.29 is 0 Å². The zero-order valence-electron chi connectivity index (χ0n) is 13.9. The van der Waals surface area contributed by atoms with E-state index in [0.29, 0.717) is 0 Å². The lowest BCUT2D eigenvalue weighted by molar-refractivity contribution is 0.608. The average Bonchev–Trinajstić information content (AvgIpc) is 2.97.